The molecule has 2 amide bonds. The zero-order valence-electron chi connectivity index (χ0n) is 14.7. The molecular weight excluding hydrogens is 410 g/mol. The van der Waals surface area contributed by atoms with Crippen molar-refractivity contribution in [2.24, 2.45) is 0 Å². The Labute approximate surface area is 170 Å². The van der Waals surface area contributed by atoms with E-state index in [1.54, 1.807) is 12.1 Å². The van der Waals surface area contributed by atoms with Crippen LogP contribution in [-0.4, -0.2) is 31.6 Å². The summed E-state index contributed by atoms with van der Waals surface area (Å²) in [4.78, 5) is 24.0. The average molecular weight is 427 g/mol. The van der Waals surface area contributed by atoms with Crippen LogP contribution in [0.2, 0.25) is 10.0 Å². The zero-order valence-corrected chi connectivity index (χ0v) is 16.2. The summed E-state index contributed by atoms with van der Waals surface area (Å²) in [6.07, 6.45) is 0.0723. The number of ether oxygens (including phenoxy) is 2. The Morgan fingerprint density at radius 1 is 1.04 bits per heavy atom. The maximum absolute atomic E-state index is 13.0. The molecule has 2 aromatic rings. The third-order valence-corrected chi connectivity index (χ3v) is 4.55. The van der Waals surface area contributed by atoms with E-state index in [2.05, 4.69) is 10.6 Å². The highest BCUT2D eigenvalue weighted by Crippen LogP contribution is 2.38. The predicted octanol–water partition coefficient (Wildman–Crippen LogP) is 3.34. The largest absolute Gasteiger partial charge is 0.486 e. The summed E-state index contributed by atoms with van der Waals surface area (Å²) in [5, 5.41) is 5.75. The summed E-state index contributed by atoms with van der Waals surface area (Å²) in [5.74, 6) is -0.204. The van der Waals surface area contributed by atoms with Crippen LogP contribution >= 0.6 is 23.2 Å². The number of carbonyl (C=O) groups excluding carboxylic acids is 2. The number of hydrogen-bond donors (Lipinski definition) is 2. The first kappa shape index (κ1) is 20.2. The molecule has 1 aliphatic heterocycles. The lowest BCUT2D eigenvalue weighted by Crippen LogP contribution is -2.30. The van der Waals surface area contributed by atoms with Gasteiger partial charge < -0.3 is 20.1 Å². The average Bonchev–Trinajstić information content (AvgIpc) is 2.66. The molecule has 1 heterocycles. The molecule has 0 spiro atoms. The quantitative estimate of drug-likeness (QED) is 0.742. The lowest BCUT2D eigenvalue weighted by molar-refractivity contribution is -0.121. The Morgan fingerprint density at radius 3 is 2.61 bits per heavy atom. The van der Waals surface area contributed by atoms with Crippen LogP contribution in [0.5, 0.6) is 11.5 Å². The fourth-order valence-corrected chi connectivity index (χ4v) is 3.15. The third kappa shape index (κ3) is 5.05. The lowest BCUT2D eigenvalue weighted by Gasteiger charge is -2.20. The van der Waals surface area contributed by atoms with E-state index in [4.69, 9.17) is 32.7 Å². The van der Waals surface area contributed by atoms with Crippen molar-refractivity contribution < 1.29 is 23.5 Å². The molecule has 0 saturated carbocycles. The second kappa shape index (κ2) is 9.12. The van der Waals surface area contributed by atoms with Crippen LogP contribution in [0.25, 0.3) is 0 Å². The van der Waals surface area contributed by atoms with Crippen LogP contribution in [-0.2, 0) is 11.3 Å². The van der Waals surface area contributed by atoms with Gasteiger partial charge >= 0.3 is 0 Å². The Balaban J connectivity index is 1.46. The molecule has 6 nitrogen and oxygen atoms in total. The maximum Gasteiger partial charge on any atom is 0.252 e. The van der Waals surface area contributed by atoms with E-state index < -0.39 is 11.7 Å². The third-order valence-electron chi connectivity index (χ3n) is 3.96. The molecule has 9 heteroatoms. The van der Waals surface area contributed by atoms with E-state index in [-0.39, 0.29) is 36.0 Å². The Bertz CT molecular complexity index is 908. The summed E-state index contributed by atoms with van der Waals surface area (Å²) in [7, 11) is 0. The normalized spacial score (nSPS) is 12.4. The zero-order chi connectivity index (χ0) is 20.1. The minimum Gasteiger partial charge on any atom is -0.486 e. The Kier molecular flexibility index (Phi) is 6.59. The monoisotopic (exact) mass is 426 g/mol. The van der Waals surface area contributed by atoms with Crippen molar-refractivity contribution in [3.05, 3.63) is 57.3 Å². The second-order valence-corrected chi connectivity index (χ2v) is 6.82. The van der Waals surface area contributed by atoms with Gasteiger partial charge in [0.2, 0.25) is 5.91 Å². The van der Waals surface area contributed by atoms with Gasteiger partial charge in [0.1, 0.15) is 19.0 Å². The van der Waals surface area contributed by atoms with Crippen molar-refractivity contribution >= 4 is 35.0 Å². The number of amides is 2. The van der Waals surface area contributed by atoms with Gasteiger partial charge in [-0.15, -0.1) is 0 Å². The van der Waals surface area contributed by atoms with Crippen LogP contribution in [0.15, 0.2) is 30.3 Å². The van der Waals surface area contributed by atoms with Gasteiger partial charge in [-0.05, 0) is 35.9 Å². The molecule has 0 aromatic heterocycles. The van der Waals surface area contributed by atoms with E-state index in [0.717, 1.165) is 17.7 Å². The minimum atomic E-state index is -0.528. The number of fused-ring (bicyclic) bond motifs is 1. The van der Waals surface area contributed by atoms with Gasteiger partial charge in [0.25, 0.3) is 5.91 Å². The van der Waals surface area contributed by atoms with Crippen molar-refractivity contribution in [2.45, 2.75) is 13.0 Å². The van der Waals surface area contributed by atoms with Gasteiger partial charge in [0.15, 0.2) is 11.5 Å². The van der Waals surface area contributed by atoms with E-state index in [9.17, 15) is 14.0 Å². The molecule has 3 rings (SSSR count). The molecule has 1 aliphatic rings. The number of carbonyl (C=O) groups is 2. The SMILES string of the molecule is O=C(CCNC(=O)c1ccc(F)cc1Cl)NCc1cc(Cl)c2c(c1)OCCO2. The second-order valence-electron chi connectivity index (χ2n) is 6.01. The van der Waals surface area contributed by atoms with Crippen LogP contribution in [0.1, 0.15) is 22.3 Å². The van der Waals surface area contributed by atoms with Crippen molar-refractivity contribution in [3.8, 4) is 11.5 Å². The molecule has 0 bridgehead atoms. The highest BCUT2D eigenvalue weighted by atomic mass is 35.5. The molecule has 0 radical (unpaired) electrons. The molecule has 2 aromatic carbocycles. The summed E-state index contributed by atoms with van der Waals surface area (Å²) in [6.45, 7) is 1.25. The predicted molar refractivity (Wildman–Crippen MR) is 103 cm³/mol. The lowest BCUT2D eigenvalue weighted by atomic mass is 10.2. The molecule has 0 fully saturated rings. The number of hydrogen-bond acceptors (Lipinski definition) is 4. The van der Waals surface area contributed by atoms with E-state index >= 15 is 0 Å². The standard InChI is InChI=1S/C19H17Cl2FN2O4/c20-14-9-12(22)1-2-13(14)19(26)23-4-3-17(25)24-10-11-7-15(21)18-16(8-11)27-5-6-28-18/h1-2,7-9H,3-6,10H2,(H,23,26)(H,24,25). The topological polar surface area (TPSA) is 76.7 Å². The van der Waals surface area contributed by atoms with Crippen molar-refractivity contribution in [1.29, 1.82) is 0 Å². The van der Waals surface area contributed by atoms with Crippen molar-refractivity contribution in [3.63, 3.8) is 0 Å². The molecule has 28 heavy (non-hydrogen) atoms. The molecule has 0 saturated heterocycles. The molecular formula is C19H17Cl2FN2O4. The maximum atomic E-state index is 13.0. The summed E-state index contributed by atoms with van der Waals surface area (Å²) in [6, 6.07) is 6.96. The Hall–Kier alpha value is -2.51. The van der Waals surface area contributed by atoms with E-state index in [1.807, 2.05) is 0 Å². The first-order valence-electron chi connectivity index (χ1n) is 8.52. The van der Waals surface area contributed by atoms with Crippen LogP contribution < -0.4 is 20.1 Å². The van der Waals surface area contributed by atoms with Gasteiger partial charge in [-0.25, -0.2) is 4.39 Å². The highest BCUT2D eigenvalue weighted by molar-refractivity contribution is 6.33. The van der Waals surface area contributed by atoms with Gasteiger partial charge in [0, 0.05) is 19.5 Å². The number of rotatable bonds is 6. The summed E-state index contributed by atoms with van der Waals surface area (Å²) >= 11 is 12.0. The van der Waals surface area contributed by atoms with Gasteiger partial charge in [0.05, 0.1) is 15.6 Å². The molecule has 0 atom stereocenters. The van der Waals surface area contributed by atoms with Crippen molar-refractivity contribution in [1.82, 2.24) is 10.6 Å². The highest BCUT2D eigenvalue weighted by Gasteiger charge is 2.17. The summed E-state index contributed by atoms with van der Waals surface area (Å²) in [5.41, 5.74) is 0.916. The fraction of sp³-hybridized carbons (Fsp3) is 0.263. The minimum absolute atomic E-state index is 0.0115. The van der Waals surface area contributed by atoms with Crippen LogP contribution in [0.3, 0.4) is 0 Å². The first-order chi connectivity index (χ1) is 13.4. The molecule has 148 valence electrons. The van der Waals surface area contributed by atoms with Crippen LogP contribution in [0, 0.1) is 5.82 Å². The molecule has 2 N–H and O–H groups in total. The molecule has 0 unspecified atom stereocenters. The molecule has 0 aliphatic carbocycles. The Morgan fingerprint density at radius 2 is 1.82 bits per heavy atom. The van der Waals surface area contributed by atoms with Crippen molar-refractivity contribution in [2.75, 3.05) is 19.8 Å². The van der Waals surface area contributed by atoms with E-state index in [0.29, 0.717) is 29.7 Å². The van der Waals surface area contributed by atoms with E-state index in [1.165, 1.54) is 6.07 Å². The smallest absolute Gasteiger partial charge is 0.252 e. The van der Waals surface area contributed by atoms with Gasteiger partial charge in [-0.3, -0.25) is 9.59 Å². The van der Waals surface area contributed by atoms with Gasteiger partial charge in [-0.1, -0.05) is 23.2 Å². The number of nitrogens with one attached hydrogen (secondary N) is 2. The fourth-order valence-electron chi connectivity index (χ4n) is 2.61. The first-order valence-corrected chi connectivity index (χ1v) is 9.27. The number of benzene rings is 2. The van der Waals surface area contributed by atoms with Gasteiger partial charge in [-0.2, -0.15) is 0 Å². The summed E-state index contributed by atoms with van der Waals surface area (Å²) < 4.78 is 24.0. The number of halogens is 3. The van der Waals surface area contributed by atoms with Crippen LogP contribution in [0.4, 0.5) is 4.39 Å².